The van der Waals surface area contributed by atoms with Crippen LogP contribution in [0.15, 0.2) is 46.9 Å². The Balaban J connectivity index is 2.02. The van der Waals surface area contributed by atoms with E-state index >= 15 is 0 Å². The average Bonchev–Trinajstić information content (AvgIpc) is 2.60. The molecule has 0 bridgehead atoms. The van der Waals surface area contributed by atoms with E-state index in [0.29, 0.717) is 5.56 Å². The van der Waals surface area contributed by atoms with E-state index in [1.54, 1.807) is 48.3 Å². The van der Waals surface area contributed by atoms with Crippen LogP contribution in [0.1, 0.15) is 43.6 Å². The van der Waals surface area contributed by atoms with E-state index < -0.39 is 0 Å². The highest BCUT2D eigenvalue weighted by Gasteiger charge is 2.18. The fourth-order valence-electron chi connectivity index (χ4n) is 2.55. The summed E-state index contributed by atoms with van der Waals surface area (Å²) in [6, 6.07) is 12.7. The SMILES string of the molecule is CC(=O)N(C)c1ccc(NC(=S)NC(=O)c2ccc(C(C)(C)C)c(Br)c2)cc1. The Morgan fingerprint density at radius 1 is 1.07 bits per heavy atom. The summed E-state index contributed by atoms with van der Waals surface area (Å²) in [6.45, 7) is 7.85. The average molecular weight is 462 g/mol. The zero-order chi connectivity index (χ0) is 21.1. The fourth-order valence-corrected chi connectivity index (χ4v) is 3.74. The Hall–Kier alpha value is -2.25. The fraction of sp³-hybridized carbons (Fsp3) is 0.286. The second kappa shape index (κ2) is 8.84. The van der Waals surface area contributed by atoms with E-state index in [1.807, 2.05) is 6.07 Å². The number of halogens is 1. The molecular weight excluding hydrogens is 438 g/mol. The summed E-state index contributed by atoms with van der Waals surface area (Å²) in [5.74, 6) is -0.335. The van der Waals surface area contributed by atoms with Crippen molar-refractivity contribution in [1.82, 2.24) is 5.32 Å². The molecule has 5 nitrogen and oxygen atoms in total. The molecule has 0 aliphatic rings. The molecule has 0 radical (unpaired) electrons. The molecule has 148 valence electrons. The molecule has 2 aromatic carbocycles. The highest BCUT2D eigenvalue weighted by Crippen LogP contribution is 2.30. The van der Waals surface area contributed by atoms with Gasteiger partial charge in [-0.05, 0) is 59.6 Å². The molecule has 2 amide bonds. The normalized spacial score (nSPS) is 10.9. The molecule has 0 aliphatic heterocycles. The van der Waals surface area contributed by atoms with Gasteiger partial charge in [0.2, 0.25) is 5.91 Å². The van der Waals surface area contributed by atoms with E-state index in [4.69, 9.17) is 12.2 Å². The Labute approximate surface area is 179 Å². The first kappa shape index (κ1) is 22.0. The van der Waals surface area contributed by atoms with Gasteiger partial charge in [0, 0.05) is 35.4 Å². The lowest BCUT2D eigenvalue weighted by atomic mass is 9.86. The van der Waals surface area contributed by atoms with Crippen molar-refractivity contribution in [2.45, 2.75) is 33.1 Å². The number of benzene rings is 2. The smallest absolute Gasteiger partial charge is 0.257 e. The number of carbonyl (C=O) groups is 2. The third kappa shape index (κ3) is 5.62. The second-order valence-electron chi connectivity index (χ2n) is 7.48. The molecule has 0 aliphatic carbocycles. The van der Waals surface area contributed by atoms with E-state index in [1.165, 1.54) is 6.92 Å². The Kier molecular flexibility index (Phi) is 6.96. The van der Waals surface area contributed by atoms with Crippen molar-refractivity contribution in [2.24, 2.45) is 0 Å². The summed E-state index contributed by atoms with van der Waals surface area (Å²) in [7, 11) is 1.71. The van der Waals surface area contributed by atoms with Crippen LogP contribution in [0.4, 0.5) is 11.4 Å². The molecule has 0 aromatic heterocycles. The number of nitrogens with zero attached hydrogens (tertiary/aromatic N) is 1. The van der Waals surface area contributed by atoms with Crippen molar-refractivity contribution < 1.29 is 9.59 Å². The lowest BCUT2D eigenvalue weighted by Gasteiger charge is -2.21. The van der Waals surface area contributed by atoms with Crippen LogP contribution in [0.5, 0.6) is 0 Å². The van der Waals surface area contributed by atoms with Gasteiger partial charge in [-0.1, -0.05) is 42.8 Å². The first-order chi connectivity index (χ1) is 13.0. The van der Waals surface area contributed by atoms with Gasteiger partial charge in [0.1, 0.15) is 0 Å². The zero-order valence-corrected chi connectivity index (χ0v) is 19.0. The van der Waals surface area contributed by atoms with E-state index in [9.17, 15) is 9.59 Å². The first-order valence-corrected chi connectivity index (χ1v) is 9.96. The largest absolute Gasteiger partial charge is 0.332 e. The van der Waals surface area contributed by atoms with Crippen LogP contribution in [0.25, 0.3) is 0 Å². The van der Waals surface area contributed by atoms with Crippen molar-refractivity contribution in [2.75, 3.05) is 17.3 Å². The molecule has 0 atom stereocenters. The van der Waals surface area contributed by atoms with Crippen molar-refractivity contribution in [3.05, 3.63) is 58.1 Å². The predicted octanol–water partition coefficient (Wildman–Crippen LogP) is 4.86. The molecule has 0 saturated carbocycles. The Bertz CT molecular complexity index is 905. The monoisotopic (exact) mass is 461 g/mol. The second-order valence-corrected chi connectivity index (χ2v) is 8.74. The van der Waals surface area contributed by atoms with Crippen molar-refractivity contribution in [3.8, 4) is 0 Å². The van der Waals surface area contributed by atoms with Gasteiger partial charge in [0.25, 0.3) is 5.91 Å². The van der Waals surface area contributed by atoms with Crippen molar-refractivity contribution in [3.63, 3.8) is 0 Å². The van der Waals surface area contributed by atoms with Crippen molar-refractivity contribution >= 4 is 56.4 Å². The van der Waals surface area contributed by atoms with Gasteiger partial charge in [-0.15, -0.1) is 0 Å². The maximum Gasteiger partial charge on any atom is 0.257 e. The van der Waals surface area contributed by atoms with E-state index in [2.05, 4.69) is 47.3 Å². The number of hydrogen-bond donors (Lipinski definition) is 2. The van der Waals surface area contributed by atoms with Gasteiger partial charge in [0.15, 0.2) is 5.11 Å². The quantitative estimate of drug-likeness (QED) is 0.640. The molecule has 7 heteroatoms. The molecule has 0 unspecified atom stereocenters. The molecule has 2 rings (SSSR count). The summed E-state index contributed by atoms with van der Waals surface area (Å²) in [4.78, 5) is 25.4. The predicted molar refractivity (Wildman–Crippen MR) is 122 cm³/mol. The summed E-state index contributed by atoms with van der Waals surface area (Å²) in [6.07, 6.45) is 0. The highest BCUT2D eigenvalue weighted by atomic mass is 79.9. The van der Waals surface area contributed by atoms with E-state index in [0.717, 1.165) is 21.4 Å². The minimum absolute atomic E-state index is 0.0205. The molecule has 0 fully saturated rings. The molecule has 2 N–H and O–H groups in total. The highest BCUT2D eigenvalue weighted by molar-refractivity contribution is 9.10. The lowest BCUT2D eigenvalue weighted by Crippen LogP contribution is -2.34. The topological polar surface area (TPSA) is 61.4 Å². The van der Waals surface area contributed by atoms with Crippen LogP contribution >= 0.6 is 28.1 Å². The van der Waals surface area contributed by atoms with Gasteiger partial charge in [-0.25, -0.2) is 0 Å². The Morgan fingerprint density at radius 3 is 2.18 bits per heavy atom. The van der Waals surface area contributed by atoms with Crippen molar-refractivity contribution in [1.29, 1.82) is 0 Å². The molecule has 0 spiro atoms. The Morgan fingerprint density at radius 2 is 1.68 bits per heavy atom. The molecule has 0 saturated heterocycles. The van der Waals surface area contributed by atoms with Gasteiger partial charge >= 0.3 is 0 Å². The number of rotatable bonds is 3. The number of anilines is 2. The van der Waals surface area contributed by atoms with Crippen LogP contribution in [0.3, 0.4) is 0 Å². The maximum absolute atomic E-state index is 12.5. The number of thiocarbonyl (C=S) groups is 1. The van der Waals surface area contributed by atoms with Crippen LogP contribution < -0.4 is 15.5 Å². The lowest BCUT2D eigenvalue weighted by molar-refractivity contribution is -0.116. The zero-order valence-electron chi connectivity index (χ0n) is 16.6. The summed E-state index contributed by atoms with van der Waals surface area (Å²) in [5, 5.41) is 5.86. The molecule has 2 aromatic rings. The summed E-state index contributed by atoms with van der Waals surface area (Å²) < 4.78 is 0.886. The third-order valence-corrected chi connectivity index (χ3v) is 5.11. The van der Waals surface area contributed by atoms with Gasteiger partial charge in [-0.3, -0.25) is 14.9 Å². The van der Waals surface area contributed by atoms with Crippen LogP contribution in [-0.2, 0) is 10.2 Å². The number of hydrogen-bond acceptors (Lipinski definition) is 3. The maximum atomic E-state index is 12.5. The third-order valence-electron chi connectivity index (χ3n) is 4.25. The molecule has 28 heavy (non-hydrogen) atoms. The minimum Gasteiger partial charge on any atom is -0.332 e. The molecule has 0 heterocycles. The van der Waals surface area contributed by atoms with Gasteiger partial charge < -0.3 is 10.2 Å². The number of amides is 2. The number of carbonyl (C=O) groups excluding carboxylic acids is 2. The van der Waals surface area contributed by atoms with Crippen LogP contribution in [0, 0.1) is 0 Å². The summed E-state index contributed by atoms with van der Waals surface area (Å²) >= 11 is 8.78. The van der Waals surface area contributed by atoms with Crippen LogP contribution in [0.2, 0.25) is 0 Å². The summed E-state index contributed by atoms with van der Waals surface area (Å²) in [5.41, 5.74) is 3.11. The number of nitrogens with one attached hydrogen (secondary N) is 2. The molecular formula is C21H24BrN3O2S. The standard InChI is InChI=1S/C21H24BrN3O2S/c1-13(26)25(5)16-9-7-15(8-10-16)23-20(28)24-19(27)14-6-11-17(18(22)12-14)21(2,3)4/h6-12H,1-5H3,(H2,23,24,27,28). The van der Waals surface area contributed by atoms with Crippen LogP contribution in [-0.4, -0.2) is 24.0 Å². The minimum atomic E-state index is -0.286. The van der Waals surface area contributed by atoms with E-state index in [-0.39, 0.29) is 22.3 Å². The first-order valence-electron chi connectivity index (χ1n) is 8.76. The van der Waals surface area contributed by atoms with Gasteiger partial charge in [0.05, 0.1) is 0 Å². The van der Waals surface area contributed by atoms with Gasteiger partial charge in [-0.2, -0.15) is 0 Å².